The number of allylic oxidation sites excluding steroid dienone is 1. The number of carboxylic acids is 1. The molecular weight excluding hydrogens is 196 g/mol. The topological polar surface area (TPSA) is 91.8 Å². The van der Waals surface area contributed by atoms with Gasteiger partial charge < -0.3 is 5.11 Å². The first kappa shape index (κ1) is 10.9. The number of carbonyl (C=O) groups is 1. The lowest BCUT2D eigenvalue weighted by Gasteiger charge is -2.04. The van der Waals surface area contributed by atoms with Gasteiger partial charge in [-0.2, -0.15) is 5.26 Å². The first-order valence-corrected chi connectivity index (χ1v) is 4.30. The second kappa shape index (κ2) is 4.91. The molecule has 0 fully saturated rings. The van der Waals surface area contributed by atoms with Crippen LogP contribution in [0.5, 0.6) is 0 Å². The first-order valence-electron chi connectivity index (χ1n) is 4.30. The third-order valence-electron chi connectivity index (χ3n) is 1.80. The highest BCUT2D eigenvalue weighted by molar-refractivity contribution is 5.85. The number of rotatable bonds is 5. The van der Waals surface area contributed by atoms with E-state index in [0.717, 1.165) is 5.57 Å². The van der Waals surface area contributed by atoms with Gasteiger partial charge in [-0.3, -0.25) is 0 Å². The van der Waals surface area contributed by atoms with Gasteiger partial charge in [0.2, 0.25) is 0 Å². The van der Waals surface area contributed by atoms with E-state index in [1.165, 1.54) is 10.9 Å². The zero-order valence-electron chi connectivity index (χ0n) is 8.05. The van der Waals surface area contributed by atoms with Crippen molar-refractivity contribution in [3.63, 3.8) is 0 Å². The molecule has 0 bridgehead atoms. The van der Waals surface area contributed by atoms with Gasteiger partial charge in [-0.05, 0) is 6.42 Å². The van der Waals surface area contributed by atoms with Crippen molar-refractivity contribution in [2.75, 3.05) is 0 Å². The van der Waals surface area contributed by atoms with E-state index < -0.39 is 5.97 Å². The average Bonchev–Trinajstić information content (AvgIpc) is 2.62. The predicted octanol–water partition coefficient (Wildman–Crippen LogP) is 0.836. The molecule has 1 rings (SSSR count). The second-order valence-corrected chi connectivity index (χ2v) is 2.99. The van der Waals surface area contributed by atoms with Crippen molar-refractivity contribution in [3.05, 3.63) is 24.0 Å². The maximum atomic E-state index is 10.7. The Morgan fingerprint density at radius 2 is 2.47 bits per heavy atom. The minimum Gasteiger partial charge on any atom is -0.476 e. The lowest BCUT2D eigenvalue weighted by atomic mass is 10.2. The first-order chi connectivity index (χ1) is 7.15. The molecule has 1 N–H and O–H groups in total. The van der Waals surface area contributed by atoms with E-state index in [-0.39, 0.29) is 12.2 Å². The summed E-state index contributed by atoms with van der Waals surface area (Å²) in [6.07, 6.45) is 2.09. The number of nitriles is 1. The highest BCUT2D eigenvalue weighted by atomic mass is 16.4. The fraction of sp³-hybridized carbons (Fsp3) is 0.333. The summed E-state index contributed by atoms with van der Waals surface area (Å²) in [4.78, 5) is 10.7. The monoisotopic (exact) mass is 206 g/mol. The Bertz CT molecular complexity index is 416. The van der Waals surface area contributed by atoms with Crippen molar-refractivity contribution in [1.29, 1.82) is 5.26 Å². The Morgan fingerprint density at radius 3 is 3.07 bits per heavy atom. The van der Waals surface area contributed by atoms with Crippen LogP contribution in [0, 0.1) is 11.3 Å². The fourth-order valence-corrected chi connectivity index (χ4v) is 1.06. The van der Waals surface area contributed by atoms with Crippen LogP contribution in [0.2, 0.25) is 0 Å². The molecule has 0 radical (unpaired) electrons. The molecule has 1 aromatic rings. The summed E-state index contributed by atoms with van der Waals surface area (Å²) in [5.41, 5.74) is 0.776. The normalized spacial score (nSPS) is 9.53. The smallest absolute Gasteiger partial charge is 0.355 e. The lowest BCUT2D eigenvalue weighted by molar-refractivity contribution is 0.0684. The van der Waals surface area contributed by atoms with Crippen molar-refractivity contribution >= 4 is 5.97 Å². The van der Waals surface area contributed by atoms with E-state index in [9.17, 15) is 4.79 Å². The average molecular weight is 206 g/mol. The summed E-state index contributed by atoms with van der Waals surface area (Å²) in [6.45, 7) is 4.02. The van der Waals surface area contributed by atoms with Crippen LogP contribution in [0.3, 0.4) is 0 Å². The number of hydrogen-bond acceptors (Lipinski definition) is 4. The van der Waals surface area contributed by atoms with Gasteiger partial charge in [0.25, 0.3) is 0 Å². The summed E-state index contributed by atoms with van der Waals surface area (Å²) >= 11 is 0. The Labute approximate surface area is 86.4 Å². The van der Waals surface area contributed by atoms with E-state index in [1.807, 2.05) is 6.07 Å². The molecule has 0 aliphatic carbocycles. The summed E-state index contributed by atoms with van der Waals surface area (Å²) in [5, 5.41) is 24.3. The third-order valence-corrected chi connectivity index (χ3v) is 1.80. The van der Waals surface area contributed by atoms with E-state index in [2.05, 4.69) is 16.9 Å². The van der Waals surface area contributed by atoms with Gasteiger partial charge in [0.1, 0.15) is 0 Å². The van der Waals surface area contributed by atoms with Gasteiger partial charge in [-0.1, -0.05) is 17.4 Å². The molecule has 0 atom stereocenters. The van der Waals surface area contributed by atoms with Gasteiger partial charge in [-0.25, -0.2) is 9.48 Å². The molecule has 0 saturated carbocycles. The largest absolute Gasteiger partial charge is 0.476 e. The second-order valence-electron chi connectivity index (χ2n) is 2.99. The molecule has 1 heterocycles. The van der Waals surface area contributed by atoms with Crippen molar-refractivity contribution in [3.8, 4) is 6.07 Å². The Balaban J connectivity index is 2.65. The van der Waals surface area contributed by atoms with Gasteiger partial charge >= 0.3 is 5.97 Å². The standard InChI is InChI=1S/C9H10N4O2/c1-7(3-2-4-10)6-13-8(9(14)15)5-11-12-13/h5H,1-3,6H2,(H,14,15). The minimum atomic E-state index is -1.08. The van der Waals surface area contributed by atoms with Gasteiger partial charge in [0.05, 0.1) is 18.8 Å². The zero-order chi connectivity index (χ0) is 11.3. The van der Waals surface area contributed by atoms with E-state index in [1.54, 1.807) is 0 Å². The van der Waals surface area contributed by atoms with Crippen molar-refractivity contribution in [2.24, 2.45) is 0 Å². The van der Waals surface area contributed by atoms with Crippen LogP contribution in [0.25, 0.3) is 0 Å². The highest BCUT2D eigenvalue weighted by Crippen LogP contribution is 2.06. The van der Waals surface area contributed by atoms with Gasteiger partial charge in [0, 0.05) is 6.42 Å². The van der Waals surface area contributed by atoms with Crippen LogP contribution in [-0.2, 0) is 6.54 Å². The molecule has 1 aromatic heterocycles. The summed E-state index contributed by atoms with van der Waals surface area (Å²) in [5.74, 6) is -1.08. The van der Waals surface area contributed by atoms with Crippen LogP contribution in [0.1, 0.15) is 23.3 Å². The third kappa shape index (κ3) is 2.91. The Morgan fingerprint density at radius 1 is 1.73 bits per heavy atom. The van der Waals surface area contributed by atoms with Crippen LogP contribution in [0.15, 0.2) is 18.3 Å². The number of nitrogens with zero attached hydrogens (tertiary/aromatic N) is 4. The van der Waals surface area contributed by atoms with Crippen LogP contribution < -0.4 is 0 Å². The minimum absolute atomic E-state index is 0.0214. The Hall–Kier alpha value is -2.16. The molecule has 6 heteroatoms. The molecule has 0 aliphatic rings. The van der Waals surface area contributed by atoms with Crippen molar-refractivity contribution in [2.45, 2.75) is 19.4 Å². The van der Waals surface area contributed by atoms with E-state index in [0.29, 0.717) is 12.8 Å². The van der Waals surface area contributed by atoms with Gasteiger partial charge in [0.15, 0.2) is 5.69 Å². The SMILES string of the molecule is C=C(CCC#N)Cn1nncc1C(=O)O. The van der Waals surface area contributed by atoms with Crippen molar-refractivity contribution < 1.29 is 9.90 Å². The molecule has 15 heavy (non-hydrogen) atoms. The number of carboxylic acid groups (broad SMARTS) is 1. The maximum absolute atomic E-state index is 10.7. The van der Waals surface area contributed by atoms with Crippen LogP contribution in [-0.4, -0.2) is 26.1 Å². The molecule has 0 aliphatic heterocycles. The zero-order valence-corrected chi connectivity index (χ0v) is 8.05. The predicted molar refractivity (Wildman–Crippen MR) is 51.0 cm³/mol. The summed E-state index contributed by atoms with van der Waals surface area (Å²) in [6, 6.07) is 1.99. The maximum Gasteiger partial charge on any atom is 0.355 e. The number of aromatic carboxylic acids is 1. The van der Waals surface area contributed by atoms with Crippen molar-refractivity contribution in [1.82, 2.24) is 15.0 Å². The molecule has 0 unspecified atom stereocenters. The van der Waals surface area contributed by atoms with E-state index in [4.69, 9.17) is 10.4 Å². The quantitative estimate of drug-likeness (QED) is 0.720. The van der Waals surface area contributed by atoms with Gasteiger partial charge in [-0.15, -0.1) is 5.10 Å². The molecule has 0 aromatic carbocycles. The van der Waals surface area contributed by atoms with Crippen LogP contribution in [0.4, 0.5) is 0 Å². The molecule has 0 spiro atoms. The molecule has 0 saturated heterocycles. The highest BCUT2D eigenvalue weighted by Gasteiger charge is 2.11. The van der Waals surface area contributed by atoms with E-state index >= 15 is 0 Å². The molecular formula is C9H10N4O2. The number of hydrogen-bond donors (Lipinski definition) is 1. The number of aromatic nitrogens is 3. The Kier molecular flexibility index (Phi) is 3.57. The molecule has 78 valence electrons. The summed E-state index contributed by atoms with van der Waals surface area (Å²) < 4.78 is 1.25. The molecule has 6 nitrogen and oxygen atoms in total. The lowest BCUT2D eigenvalue weighted by Crippen LogP contribution is -2.11. The summed E-state index contributed by atoms with van der Waals surface area (Å²) in [7, 11) is 0. The molecule has 0 amide bonds. The van der Waals surface area contributed by atoms with Crippen LogP contribution >= 0.6 is 0 Å². The fourth-order valence-electron chi connectivity index (χ4n) is 1.06.